The van der Waals surface area contributed by atoms with Crippen molar-refractivity contribution in [2.45, 2.75) is 44.8 Å². The van der Waals surface area contributed by atoms with Gasteiger partial charge in [0.25, 0.3) is 0 Å². The van der Waals surface area contributed by atoms with Gasteiger partial charge in [-0.2, -0.15) is 0 Å². The first-order chi connectivity index (χ1) is 14.8. The molecule has 0 amide bonds. The van der Waals surface area contributed by atoms with Gasteiger partial charge in [0, 0.05) is 11.0 Å². The van der Waals surface area contributed by atoms with Gasteiger partial charge in [-0.3, -0.25) is 0 Å². The summed E-state index contributed by atoms with van der Waals surface area (Å²) in [4.78, 5) is 0. The molecule has 0 aliphatic heterocycles. The monoisotopic (exact) mass is 420 g/mol. The SMILES string of the molecule is CC=C[Si](C)(C)C1(C(C)(C)C2c3ccccc3-c3ccccc32)C=Cc2ccccc21. The Balaban J connectivity index is 1.82. The Bertz CT molecular complexity index is 1160. The maximum Gasteiger partial charge on any atom is 0.0870 e. The normalized spacial score (nSPS) is 20.2. The first-order valence-electron chi connectivity index (χ1n) is 11.5. The molecule has 0 N–H and O–H groups in total. The molecule has 3 aromatic rings. The minimum atomic E-state index is -1.88. The molecule has 156 valence electrons. The van der Waals surface area contributed by atoms with Crippen LogP contribution in [0.4, 0.5) is 0 Å². The van der Waals surface area contributed by atoms with E-state index in [2.05, 4.69) is 131 Å². The van der Waals surface area contributed by atoms with Crippen LogP contribution in [0, 0.1) is 5.41 Å². The molecular formula is C30H32Si. The average molecular weight is 421 g/mol. The van der Waals surface area contributed by atoms with E-state index in [4.69, 9.17) is 0 Å². The fourth-order valence-electron chi connectivity index (χ4n) is 6.97. The van der Waals surface area contributed by atoms with Gasteiger partial charge in [-0.15, -0.1) is 0 Å². The minimum Gasteiger partial charge on any atom is -0.0977 e. The molecule has 0 bridgehead atoms. The van der Waals surface area contributed by atoms with Gasteiger partial charge in [-0.05, 0) is 45.7 Å². The van der Waals surface area contributed by atoms with Crippen molar-refractivity contribution >= 4 is 14.1 Å². The van der Waals surface area contributed by atoms with Crippen molar-refractivity contribution in [3.63, 3.8) is 0 Å². The lowest BCUT2D eigenvalue weighted by atomic mass is 9.63. The Morgan fingerprint density at radius 2 is 1.35 bits per heavy atom. The van der Waals surface area contributed by atoms with Gasteiger partial charge >= 0.3 is 0 Å². The van der Waals surface area contributed by atoms with E-state index in [0.29, 0.717) is 5.92 Å². The van der Waals surface area contributed by atoms with E-state index in [-0.39, 0.29) is 10.5 Å². The van der Waals surface area contributed by atoms with Crippen molar-refractivity contribution in [3.05, 3.63) is 113 Å². The predicted octanol–water partition coefficient (Wildman–Crippen LogP) is 8.15. The Hall–Kier alpha value is -2.64. The molecule has 31 heavy (non-hydrogen) atoms. The zero-order chi connectivity index (χ0) is 21.9. The van der Waals surface area contributed by atoms with Crippen molar-refractivity contribution in [3.8, 4) is 11.1 Å². The molecular weight excluding hydrogens is 388 g/mol. The molecule has 0 radical (unpaired) electrons. The van der Waals surface area contributed by atoms with E-state index in [1.165, 1.54) is 33.4 Å². The smallest absolute Gasteiger partial charge is 0.0870 e. The predicted molar refractivity (Wildman–Crippen MR) is 137 cm³/mol. The van der Waals surface area contributed by atoms with Gasteiger partial charge in [0.1, 0.15) is 0 Å². The third-order valence-corrected chi connectivity index (χ3v) is 12.3. The molecule has 1 atom stereocenters. The lowest BCUT2D eigenvalue weighted by Gasteiger charge is -2.55. The Kier molecular flexibility index (Phi) is 4.53. The molecule has 3 aromatic carbocycles. The van der Waals surface area contributed by atoms with Crippen molar-refractivity contribution in [1.82, 2.24) is 0 Å². The van der Waals surface area contributed by atoms with Crippen LogP contribution >= 0.6 is 0 Å². The van der Waals surface area contributed by atoms with E-state index in [9.17, 15) is 0 Å². The molecule has 1 unspecified atom stereocenters. The summed E-state index contributed by atoms with van der Waals surface area (Å²) >= 11 is 0. The highest BCUT2D eigenvalue weighted by atomic mass is 28.3. The van der Waals surface area contributed by atoms with Crippen molar-refractivity contribution in [2.24, 2.45) is 5.41 Å². The van der Waals surface area contributed by atoms with Crippen LogP contribution in [-0.4, -0.2) is 8.07 Å². The summed E-state index contributed by atoms with van der Waals surface area (Å²) in [7, 11) is -1.88. The van der Waals surface area contributed by atoms with Crippen LogP contribution in [0.3, 0.4) is 0 Å². The van der Waals surface area contributed by atoms with Gasteiger partial charge in [-0.25, -0.2) is 0 Å². The molecule has 2 aliphatic carbocycles. The Labute approximate surface area is 188 Å². The zero-order valence-electron chi connectivity index (χ0n) is 19.3. The number of fused-ring (bicyclic) bond motifs is 4. The second-order valence-corrected chi connectivity index (χ2v) is 14.8. The summed E-state index contributed by atoms with van der Waals surface area (Å²) < 4.78 is 0. The molecule has 1 heteroatoms. The van der Waals surface area contributed by atoms with Gasteiger partial charge in [-0.1, -0.05) is 124 Å². The summed E-state index contributed by atoms with van der Waals surface area (Å²) in [6, 6.07) is 27.2. The van der Waals surface area contributed by atoms with E-state index < -0.39 is 8.07 Å². The molecule has 0 aromatic heterocycles. The quantitative estimate of drug-likeness (QED) is 0.373. The average Bonchev–Trinajstić information content (AvgIpc) is 3.32. The van der Waals surface area contributed by atoms with Crippen LogP contribution in [-0.2, 0) is 5.04 Å². The molecule has 0 heterocycles. The van der Waals surface area contributed by atoms with Crippen molar-refractivity contribution in [2.75, 3.05) is 0 Å². The molecule has 0 saturated carbocycles. The highest BCUT2D eigenvalue weighted by molar-refractivity contribution is 6.85. The second-order valence-electron chi connectivity index (χ2n) is 10.3. The van der Waals surface area contributed by atoms with Gasteiger partial charge in [0.05, 0.1) is 8.07 Å². The summed E-state index contributed by atoms with van der Waals surface area (Å²) in [6.45, 7) is 12.3. The summed E-state index contributed by atoms with van der Waals surface area (Å²) in [5.74, 6) is 0.354. The van der Waals surface area contributed by atoms with E-state index in [0.717, 1.165) is 0 Å². The summed E-state index contributed by atoms with van der Waals surface area (Å²) in [6.07, 6.45) is 7.25. The van der Waals surface area contributed by atoms with Gasteiger partial charge < -0.3 is 0 Å². The third-order valence-electron chi connectivity index (χ3n) is 8.07. The van der Waals surface area contributed by atoms with Gasteiger partial charge in [0.2, 0.25) is 0 Å². The summed E-state index contributed by atoms with van der Waals surface area (Å²) in [5.41, 5.74) is 11.2. The molecule has 0 saturated heterocycles. The van der Waals surface area contributed by atoms with Crippen molar-refractivity contribution < 1.29 is 0 Å². The molecule has 0 nitrogen and oxygen atoms in total. The first-order valence-corrected chi connectivity index (χ1v) is 14.5. The van der Waals surface area contributed by atoms with Crippen LogP contribution in [0.15, 0.2) is 90.6 Å². The molecule has 2 aliphatic rings. The van der Waals surface area contributed by atoms with Crippen LogP contribution in [0.5, 0.6) is 0 Å². The standard InChI is InChI=1S/C30H32Si/c1-6-21-31(4,5)30(20-19-22-13-7-12-18-27(22)30)29(2,3)28-25-16-10-8-14-23(25)24-15-9-11-17-26(24)28/h6-21,28H,1-5H3. The second kappa shape index (κ2) is 6.93. The van der Waals surface area contributed by atoms with E-state index >= 15 is 0 Å². The van der Waals surface area contributed by atoms with Gasteiger partial charge in [0.15, 0.2) is 0 Å². The van der Waals surface area contributed by atoms with Crippen LogP contribution in [0.1, 0.15) is 48.9 Å². The highest BCUT2D eigenvalue weighted by Crippen LogP contribution is 2.64. The third kappa shape index (κ3) is 2.59. The number of allylic oxidation sites excluding steroid dienone is 2. The van der Waals surface area contributed by atoms with Crippen LogP contribution in [0.2, 0.25) is 13.1 Å². The number of benzene rings is 3. The molecule has 5 rings (SSSR count). The van der Waals surface area contributed by atoms with Crippen molar-refractivity contribution in [1.29, 1.82) is 0 Å². The molecule has 0 spiro atoms. The largest absolute Gasteiger partial charge is 0.0977 e. The Morgan fingerprint density at radius 1 is 0.806 bits per heavy atom. The first kappa shape index (κ1) is 20.3. The fraction of sp³-hybridized carbons (Fsp3) is 0.267. The lowest BCUT2D eigenvalue weighted by Crippen LogP contribution is -2.59. The lowest BCUT2D eigenvalue weighted by molar-refractivity contribution is 0.245. The Morgan fingerprint density at radius 3 is 1.97 bits per heavy atom. The number of hydrogen-bond acceptors (Lipinski definition) is 0. The van der Waals surface area contributed by atoms with Crippen LogP contribution < -0.4 is 0 Å². The molecule has 0 fully saturated rings. The fourth-order valence-corrected chi connectivity index (χ4v) is 11.3. The van der Waals surface area contributed by atoms with E-state index in [1.807, 2.05) is 0 Å². The topological polar surface area (TPSA) is 0 Å². The highest BCUT2D eigenvalue weighted by Gasteiger charge is 2.60. The number of rotatable bonds is 4. The summed E-state index contributed by atoms with van der Waals surface area (Å²) in [5, 5.41) is -0.00165. The van der Waals surface area contributed by atoms with E-state index in [1.54, 1.807) is 0 Å². The van der Waals surface area contributed by atoms with Crippen LogP contribution in [0.25, 0.3) is 17.2 Å². The zero-order valence-corrected chi connectivity index (χ0v) is 20.3. The maximum atomic E-state index is 2.58. The maximum absolute atomic E-state index is 2.58. The number of hydrogen-bond donors (Lipinski definition) is 0. The minimum absolute atomic E-state index is 0.00165.